The first-order chi connectivity index (χ1) is 18.3. The quantitative estimate of drug-likeness (QED) is 0.338. The van der Waals surface area contributed by atoms with Crippen LogP contribution in [0.5, 0.6) is 0 Å². The Morgan fingerprint density at radius 1 is 0.947 bits per heavy atom. The molecule has 1 aliphatic rings. The highest BCUT2D eigenvalue weighted by Gasteiger charge is 2.36. The molecule has 0 saturated heterocycles. The van der Waals surface area contributed by atoms with Gasteiger partial charge in [-0.05, 0) is 60.2 Å². The standard InChI is InChI=1S/C29H24ClN3O4S/c1-32(16-14-23-9-4-5-15-31-23)28(34)21-12-13-27-25(18-21)33(19-20-7-6-8-22(30)17-20)29(35)24-10-2-3-11-26(24)38(27,36)37/h2-13,15,17-18H,14,16,19H2,1H3. The zero-order valence-corrected chi connectivity index (χ0v) is 22.1. The van der Waals surface area contributed by atoms with Crippen LogP contribution in [-0.4, -0.2) is 43.7 Å². The van der Waals surface area contributed by atoms with E-state index in [1.165, 1.54) is 35.2 Å². The number of nitrogens with zero attached hydrogens (tertiary/aromatic N) is 3. The van der Waals surface area contributed by atoms with Crippen molar-refractivity contribution in [2.45, 2.75) is 22.8 Å². The predicted molar refractivity (Wildman–Crippen MR) is 145 cm³/mol. The number of aromatic nitrogens is 1. The van der Waals surface area contributed by atoms with Crippen LogP contribution in [-0.2, 0) is 22.8 Å². The molecule has 0 N–H and O–H groups in total. The minimum absolute atomic E-state index is 0.0366. The molecular weight excluding hydrogens is 522 g/mol. The molecule has 0 fully saturated rings. The molecule has 0 radical (unpaired) electrons. The van der Waals surface area contributed by atoms with Gasteiger partial charge in [-0.1, -0.05) is 41.9 Å². The number of hydrogen-bond donors (Lipinski definition) is 0. The van der Waals surface area contributed by atoms with Gasteiger partial charge in [0.05, 0.1) is 27.6 Å². The number of anilines is 1. The third-order valence-corrected chi connectivity index (χ3v) is 8.54. The maximum Gasteiger partial charge on any atom is 0.259 e. The van der Waals surface area contributed by atoms with Crippen molar-refractivity contribution in [3.05, 3.63) is 119 Å². The highest BCUT2D eigenvalue weighted by atomic mass is 35.5. The summed E-state index contributed by atoms with van der Waals surface area (Å²) in [4.78, 5) is 34.3. The van der Waals surface area contributed by atoms with E-state index in [0.29, 0.717) is 18.0 Å². The van der Waals surface area contributed by atoms with Crippen molar-refractivity contribution < 1.29 is 18.0 Å². The van der Waals surface area contributed by atoms with Gasteiger partial charge < -0.3 is 9.80 Å². The van der Waals surface area contributed by atoms with Crippen LogP contribution in [0.2, 0.25) is 5.02 Å². The molecule has 9 heteroatoms. The first-order valence-electron chi connectivity index (χ1n) is 12.0. The van der Waals surface area contributed by atoms with Crippen LogP contribution < -0.4 is 4.90 Å². The predicted octanol–water partition coefficient (Wildman–Crippen LogP) is 5.04. The Bertz CT molecular complexity index is 1640. The molecule has 0 atom stereocenters. The lowest BCUT2D eigenvalue weighted by atomic mass is 10.1. The molecule has 3 aromatic carbocycles. The van der Waals surface area contributed by atoms with Crippen LogP contribution >= 0.6 is 11.6 Å². The lowest BCUT2D eigenvalue weighted by molar-refractivity contribution is 0.0795. The van der Waals surface area contributed by atoms with E-state index in [4.69, 9.17) is 11.6 Å². The summed E-state index contributed by atoms with van der Waals surface area (Å²) in [6.45, 7) is 0.491. The van der Waals surface area contributed by atoms with Crippen molar-refractivity contribution in [2.75, 3.05) is 18.5 Å². The third-order valence-electron chi connectivity index (χ3n) is 6.44. The van der Waals surface area contributed by atoms with E-state index in [-0.39, 0.29) is 39.1 Å². The van der Waals surface area contributed by atoms with Crippen LogP contribution in [0.25, 0.3) is 0 Å². The summed E-state index contributed by atoms with van der Waals surface area (Å²) in [6, 6.07) is 23.2. The Hall–Kier alpha value is -4.01. The normalized spacial score (nSPS) is 13.8. The fraction of sp³-hybridized carbons (Fsp3) is 0.138. The van der Waals surface area contributed by atoms with Gasteiger partial charge in [0, 0.05) is 42.5 Å². The lowest BCUT2D eigenvalue weighted by Crippen LogP contribution is -2.32. The van der Waals surface area contributed by atoms with E-state index in [0.717, 1.165) is 11.3 Å². The van der Waals surface area contributed by atoms with E-state index in [1.807, 2.05) is 24.3 Å². The summed E-state index contributed by atoms with van der Waals surface area (Å²) in [5.74, 6) is -0.769. The maximum absolute atomic E-state index is 13.8. The average molecular weight is 546 g/mol. The minimum atomic E-state index is -4.03. The molecule has 4 aromatic rings. The van der Waals surface area contributed by atoms with E-state index in [9.17, 15) is 18.0 Å². The van der Waals surface area contributed by atoms with Crippen LogP contribution in [0.15, 0.2) is 101 Å². The van der Waals surface area contributed by atoms with Crippen molar-refractivity contribution >= 4 is 38.9 Å². The van der Waals surface area contributed by atoms with Crippen molar-refractivity contribution in [3.8, 4) is 0 Å². The minimum Gasteiger partial charge on any atom is -0.341 e. The number of halogens is 1. The van der Waals surface area contributed by atoms with Crippen molar-refractivity contribution in [2.24, 2.45) is 0 Å². The van der Waals surface area contributed by atoms with Crippen molar-refractivity contribution in [1.29, 1.82) is 0 Å². The number of carbonyl (C=O) groups is 2. The number of amides is 2. The Labute approximate surface area is 226 Å². The Kier molecular flexibility index (Phi) is 7.01. The third kappa shape index (κ3) is 4.92. The molecular formula is C29H24ClN3O4S. The Morgan fingerprint density at radius 2 is 1.74 bits per heavy atom. The molecule has 2 heterocycles. The second-order valence-electron chi connectivity index (χ2n) is 9.00. The molecule has 2 amide bonds. The molecule has 0 aliphatic carbocycles. The highest BCUT2D eigenvalue weighted by Crippen LogP contribution is 2.38. The van der Waals surface area contributed by atoms with E-state index >= 15 is 0 Å². The first kappa shape index (κ1) is 25.6. The second-order valence-corrected chi connectivity index (χ2v) is 11.3. The zero-order valence-electron chi connectivity index (χ0n) is 20.5. The molecule has 0 spiro atoms. The number of carbonyl (C=O) groups excluding carboxylic acids is 2. The van der Waals surface area contributed by atoms with Gasteiger partial charge in [0.2, 0.25) is 9.84 Å². The van der Waals surface area contributed by atoms with Gasteiger partial charge in [0.15, 0.2) is 0 Å². The molecule has 1 aliphatic heterocycles. The van der Waals surface area contributed by atoms with E-state index < -0.39 is 15.7 Å². The molecule has 0 bridgehead atoms. The van der Waals surface area contributed by atoms with Crippen LogP contribution in [0.1, 0.15) is 32.0 Å². The van der Waals surface area contributed by atoms with Crippen molar-refractivity contribution in [1.82, 2.24) is 9.88 Å². The maximum atomic E-state index is 13.8. The summed E-state index contributed by atoms with van der Waals surface area (Å²) in [7, 11) is -2.36. The van der Waals surface area contributed by atoms with Crippen molar-refractivity contribution in [3.63, 3.8) is 0 Å². The van der Waals surface area contributed by atoms with Gasteiger partial charge in [-0.25, -0.2) is 8.42 Å². The fourth-order valence-corrected chi connectivity index (χ4v) is 6.31. The van der Waals surface area contributed by atoms with Crippen LogP contribution in [0.3, 0.4) is 0 Å². The number of benzene rings is 3. The first-order valence-corrected chi connectivity index (χ1v) is 13.8. The van der Waals surface area contributed by atoms with E-state index in [2.05, 4.69) is 4.98 Å². The number of sulfone groups is 1. The number of hydrogen-bond acceptors (Lipinski definition) is 5. The number of pyridine rings is 1. The van der Waals surface area contributed by atoms with Gasteiger partial charge in [-0.2, -0.15) is 0 Å². The summed E-state index contributed by atoms with van der Waals surface area (Å²) in [5, 5.41) is 0.497. The van der Waals surface area contributed by atoms with Gasteiger partial charge in [-0.3, -0.25) is 14.6 Å². The fourth-order valence-electron chi connectivity index (χ4n) is 4.46. The topological polar surface area (TPSA) is 87.7 Å². The summed E-state index contributed by atoms with van der Waals surface area (Å²) in [5.41, 5.74) is 2.08. The summed E-state index contributed by atoms with van der Waals surface area (Å²) < 4.78 is 27.4. The second kappa shape index (κ2) is 10.4. The van der Waals surface area contributed by atoms with Gasteiger partial charge in [0.25, 0.3) is 11.8 Å². The number of fused-ring (bicyclic) bond motifs is 2. The summed E-state index contributed by atoms with van der Waals surface area (Å²) in [6.07, 6.45) is 2.27. The average Bonchev–Trinajstić information content (AvgIpc) is 3.00. The van der Waals surface area contributed by atoms with Crippen LogP contribution in [0, 0.1) is 0 Å². The van der Waals surface area contributed by atoms with Gasteiger partial charge in [0.1, 0.15) is 0 Å². The number of rotatable bonds is 6. The zero-order chi connectivity index (χ0) is 26.9. The molecule has 5 rings (SSSR count). The molecule has 0 saturated carbocycles. The Morgan fingerprint density at radius 3 is 2.50 bits per heavy atom. The smallest absolute Gasteiger partial charge is 0.259 e. The molecule has 38 heavy (non-hydrogen) atoms. The highest BCUT2D eigenvalue weighted by molar-refractivity contribution is 7.91. The van der Waals surface area contributed by atoms with E-state index in [1.54, 1.807) is 48.5 Å². The largest absolute Gasteiger partial charge is 0.341 e. The lowest BCUT2D eigenvalue weighted by Gasteiger charge is -2.24. The number of likely N-dealkylation sites (N-methyl/N-ethyl adjacent to an activating group) is 1. The molecule has 192 valence electrons. The monoisotopic (exact) mass is 545 g/mol. The molecule has 7 nitrogen and oxygen atoms in total. The van der Waals surface area contributed by atoms with Gasteiger partial charge >= 0.3 is 0 Å². The SMILES string of the molecule is CN(CCc1ccccn1)C(=O)c1ccc2c(c1)N(Cc1cccc(Cl)c1)C(=O)c1ccccc1S2(=O)=O. The van der Waals surface area contributed by atoms with Gasteiger partial charge in [-0.15, -0.1) is 0 Å². The molecule has 0 unspecified atom stereocenters. The summed E-state index contributed by atoms with van der Waals surface area (Å²) >= 11 is 6.18. The Balaban J connectivity index is 1.56. The molecule has 1 aromatic heterocycles. The van der Waals surface area contributed by atoms with Crippen LogP contribution in [0.4, 0.5) is 5.69 Å².